The van der Waals surface area contributed by atoms with Crippen molar-refractivity contribution in [1.29, 1.82) is 0 Å². The van der Waals surface area contributed by atoms with Crippen LogP contribution < -0.4 is 20.1 Å². The molecule has 0 aliphatic carbocycles. The van der Waals surface area contributed by atoms with Crippen molar-refractivity contribution in [2.24, 2.45) is 4.99 Å². The third-order valence-electron chi connectivity index (χ3n) is 5.97. The van der Waals surface area contributed by atoms with E-state index in [0.29, 0.717) is 6.04 Å². The number of aliphatic imine (C=N–C) groups is 1. The van der Waals surface area contributed by atoms with Gasteiger partial charge in [0.1, 0.15) is 0 Å². The molecule has 0 bridgehead atoms. The van der Waals surface area contributed by atoms with Crippen LogP contribution in [0.1, 0.15) is 32.4 Å². The summed E-state index contributed by atoms with van der Waals surface area (Å²) in [5.74, 6) is 2.30. The van der Waals surface area contributed by atoms with Crippen molar-refractivity contribution in [3.8, 4) is 11.5 Å². The molecule has 0 saturated carbocycles. The number of hydrogen-bond donors (Lipinski definition) is 2. The first kappa shape index (κ1) is 28.7. The van der Waals surface area contributed by atoms with Crippen LogP contribution in [0.15, 0.2) is 23.2 Å². The Morgan fingerprint density at radius 2 is 1.72 bits per heavy atom. The zero-order chi connectivity index (χ0) is 22.6. The molecule has 8 nitrogen and oxygen atoms in total. The van der Waals surface area contributed by atoms with Crippen LogP contribution in [0.3, 0.4) is 0 Å². The Morgan fingerprint density at radius 3 is 2.28 bits per heavy atom. The number of benzene rings is 1. The summed E-state index contributed by atoms with van der Waals surface area (Å²) in [5.41, 5.74) is 1.18. The quantitative estimate of drug-likeness (QED) is 0.244. The van der Waals surface area contributed by atoms with Crippen molar-refractivity contribution >= 4 is 29.9 Å². The van der Waals surface area contributed by atoms with Gasteiger partial charge in [-0.3, -0.25) is 14.8 Å². The lowest BCUT2D eigenvalue weighted by molar-refractivity contribution is 0.0169. The minimum atomic E-state index is 0. The fourth-order valence-electron chi connectivity index (χ4n) is 4.04. The predicted octanol–water partition coefficient (Wildman–Crippen LogP) is 2.59. The molecular formula is C23H42IN5O3. The summed E-state index contributed by atoms with van der Waals surface area (Å²) in [6.45, 7) is 13.6. The van der Waals surface area contributed by atoms with Crippen LogP contribution in [0.25, 0.3) is 0 Å². The molecule has 9 heteroatoms. The van der Waals surface area contributed by atoms with Crippen molar-refractivity contribution in [2.45, 2.75) is 32.9 Å². The van der Waals surface area contributed by atoms with Gasteiger partial charge in [0.25, 0.3) is 0 Å². The Labute approximate surface area is 211 Å². The van der Waals surface area contributed by atoms with E-state index < -0.39 is 0 Å². The highest BCUT2D eigenvalue weighted by Crippen LogP contribution is 2.32. The van der Waals surface area contributed by atoms with Gasteiger partial charge in [-0.15, -0.1) is 24.0 Å². The molecule has 1 aromatic rings. The molecule has 1 aromatic carbocycles. The number of halogens is 1. The molecule has 2 N–H and O–H groups in total. The van der Waals surface area contributed by atoms with Crippen LogP contribution in [0.4, 0.5) is 0 Å². The fourth-order valence-corrected chi connectivity index (χ4v) is 4.04. The second kappa shape index (κ2) is 15.5. The van der Waals surface area contributed by atoms with Crippen molar-refractivity contribution in [3.05, 3.63) is 23.8 Å². The van der Waals surface area contributed by atoms with E-state index in [9.17, 15) is 0 Å². The first-order valence-corrected chi connectivity index (χ1v) is 11.3. The zero-order valence-electron chi connectivity index (χ0n) is 20.5. The van der Waals surface area contributed by atoms with Crippen molar-refractivity contribution < 1.29 is 14.2 Å². The Morgan fingerprint density at radius 1 is 1.09 bits per heavy atom. The lowest BCUT2D eigenvalue weighted by Gasteiger charge is -2.35. The van der Waals surface area contributed by atoms with Gasteiger partial charge < -0.3 is 24.8 Å². The van der Waals surface area contributed by atoms with Gasteiger partial charge in [-0.05, 0) is 37.7 Å². The number of guanidine groups is 1. The molecule has 32 heavy (non-hydrogen) atoms. The average molecular weight is 564 g/mol. The van der Waals surface area contributed by atoms with Gasteiger partial charge in [0.15, 0.2) is 17.5 Å². The molecule has 0 radical (unpaired) electrons. The Bertz CT molecular complexity index is 682. The molecule has 1 fully saturated rings. The standard InChI is InChI=1S/C23H41N5O3.HI/c1-7-27(8-2)18(3)16-25-23(24-4)26-17-20(28-11-13-31-14-12-28)19-9-10-21(29-5)22(15-19)30-6;/h9-10,15,18,20H,7-8,11-14,16-17H2,1-6H3,(H2,24,25,26);1H. The van der Waals surface area contributed by atoms with Crippen LogP contribution in [-0.2, 0) is 4.74 Å². The highest BCUT2D eigenvalue weighted by molar-refractivity contribution is 14.0. The molecule has 1 aliphatic heterocycles. The molecular weight excluding hydrogens is 521 g/mol. The first-order chi connectivity index (χ1) is 15.1. The van der Waals surface area contributed by atoms with Gasteiger partial charge in [-0.1, -0.05) is 19.9 Å². The smallest absolute Gasteiger partial charge is 0.191 e. The van der Waals surface area contributed by atoms with Crippen LogP contribution in [0.2, 0.25) is 0 Å². The number of hydrogen-bond acceptors (Lipinski definition) is 6. The minimum absolute atomic E-state index is 0. The van der Waals surface area contributed by atoms with Crippen molar-refractivity contribution in [1.82, 2.24) is 20.4 Å². The fraction of sp³-hybridized carbons (Fsp3) is 0.696. The first-order valence-electron chi connectivity index (χ1n) is 11.3. The summed E-state index contributed by atoms with van der Waals surface area (Å²) in [6.07, 6.45) is 0. The van der Waals surface area contributed by atoms with E-state index in [4.69, 9.17) is 14.2 Å². The lowest BCUT2D eigenvalue weighted by Crippen LogP contribution is -2.49. The van der Waals surface area contributed by atoms with Crippen molar-refractivity contribution in [2.75, 3.05) is 73.7 Å². The topological polar surface area (TPSA) is 70.6 Å². The maximum absolute atomic E-state index is 5.57. The number of nitrogens with zero attached hydrogens (tertiary/aromatic N) is 3. The highest BCUT2D eigenvalue weighted by Gasteiger charge is 2.24. The van der Waals surface area contributed by atoms with E-state index in [-0.39, 0.29) is 30.0 Å². The van der Waals surface area contributed by atoms with Crippen LogP contribution in [-0.4, -0.2) is 95.6 Å². The van der Waals surface area contributed by atoms with E-state index >= 15 is 0 Å². The second-order valence-corrected chi connectivity index (χ2v) is 7.68. The van der Waals surface area contributed by atoms with E-state index in [2.05, 4.69) is 58.3 Å². The highest BCUT2D eigenvalue weighted by atomic mass is 127. The number of methoxy groups -OCH3 is 2. The molecule has 0 aromatic heterocycles. The Balaban J connectivity index is 0.00000512. The van der Waals surface area contributed by atoms with Gasteiger partial charge in [-0.25, -0.2) is 0 Å². The molecule has 2 rings (SSSR count). The third-order valence-corrected chi connectivity index (χ3v) is 5.97. The Hall–Kier alpha value is -1.30. The molecule has 1 aliphatic rings. The number of likely N-dealkylation sites (N-methyl/N-ethyl adjacent to an activating group) is 1. The van der Waals surface area contributed by atoms with Crippen LogP contribution >= 0.6 is 24.0 Å². The van der Waals surface area contributed by atoms with Crippen LogP contribution in [0.5, 0.6) is 11.5 Å². The maximum Gasteiger partial charge on any atom is 0.191 e. The van der Waals surface area contributed by atoms with E-state index in [1.165, 1.54) is 5.56 Å². The third kappa shape index (κ3) is 8.24. The number of ether oxygens (including phenoxy) is 3. The summed E-state index contributed by atoms with van der Waals surface area (Å²) >= 11 is 0. The molecule has 2 atom stereocenters. The molecule has 184 valence electrons. The molecule has 0 amide bonds. The summed E-state index contributed by atoms with van der Waals surface area (Å²) in [4.78, 5) is 9.31. The van der Waals surface area contributed by atoms with E-state index in [1.807, 2.05) is 13.1 Å². The average Bonchev–Trinajstić information content (AvgIpc) is 2.82. The molecule has 1 heterocycles. The van der Waals surface area contributed by atoms with Gasteiger partial charge in [0.2, 0.25) is 0 Å². The largest absolute Gasteiger partial charge is 0.493 e. The van der Waals surface area contributed by atoms with Gasteiger partial charge in [-0.2, -0.15) is 0 Å². The van der Waals surface area contributed by atoms with E-state index in [0.717, 1.165) is 69.9 Å². The van der Waals surface area contributed by atoms with E-state index in [1.54, 1.807) is 14.2 Å². The SMILES string of the molecule is CCN(CC)C(C)CNC(=NC)NCC(c1ccc(OC)c(OC)c1)N1CCOCC1.I. The lowest BCUT2D eigenvalue weighted by atomic mass is 10.0. The normalized spacial score (nSPS) is 16.8. The number of morpholine rings is 1. The summed E-state index contributed by atoms with van der Waals surface area (Å²) in [5, 5.41) is 7.01. The zero-order valence-corrected chi connectivity index (χ0v) is 22.8. The summed E-state index contributed by atoms with van der Waals surface area (Å²) in [6, 6.07) is 6.76. The van der Waals surface area contributed by atoms with Gasteiger partial charge in [0, 0.05) is 39.3 Å². The maximum atomic E-state index is 5.57. The predicted molar refractivity (Wildman–Crippen MR) is 142 cm³/mol. The van der Waals surface area contributed by atoms with Gasteiger partial charge >= 0.3 is 0 Å². The second-order valence-electron chi connectivity index (χ2n) is 7.68. The summed E-state index contributed by atoms with van der Waals surface area (Å²) < 4.78 is 16.5. The molecule has 0 spiro atoms. The molecule has 2 unspecified atom stereocenters. The van der Waals surface area contributed by atoms with Crippen LogP contribution in [0, 0.1) is 0 Å². The molecule has 1 saturated heterocycles. The summed E-state index contributed by atoms with van der Waals surface area (Å²) in [7, 11) is 5.15. The minimum Gasteiger partial charge on any atom is -0.493 e. The number of rotatable bonds is 11. The monoisotopic (exact) mass is 563 g/mol. The van der Waals surface area contributed by atoms with Crippen molar-refractivity contribution in [3.63, 3.8) is 0 Å². The number of nitrogens with one attached hydrogen (secondary N) is 2. The Kier molecular flexibility index (Phi) is 13.9. The van der Waals surface area contributed by atoms with Gasteiger partial charge in [0.05, 0.1) is 33.5 Å².